The molecule has 1 N–H and O–H groups in total. The lowest BCUT2D eigenvalue weighted by Crippen LogP contribution is -2.47. The lowest BCUT2D eigenvalue weighted by Gasteiger charge is -2.35. The summed E-state index contributed by atoms with van der Waals surface area (Å²) in [5, 5.41) is 11.6. The van der Waals surface area contributed by atoms with Crippen molar-refractivity contribution in [3.63, 3.8) is 0 Å². The minimum atomic E-state index is -0.277. The summed E-state index contributed by atoms with van der Waals surface area (Å²) in [6, 6.07) is 12.2. The number of nitrogens with one attached hydrogen (secondary N) is 1. The van der Waals surface area contributed by atoms with E-state index in [1.54, 1.807) is 42.7 Å². The molecule has 1 aliphatic heterocycles. The van der Waals surface area contributed by atoms with E-state index in [1.807, 2.05) is 12.1 Å². The van der Waals surface area contributed by atoms with Crippen molar-refractivity contribution in [1.82, 2.24) is 20.2 Å². The maximum atomic E-state index is 12.3. The van der Waals surface area contributed by atoms with Gasteiger partial charge < -0.3 is 15.1 Å². The SMILES string of the molecule is O=C(Nc1ccc(N2CCN(c3ncccn3)CC2)nn1)c1cccc(Cl)c1. The standard InChI is InChI=1S/C19H18ClN7O/c20-15-4-1-3-14(13-15)18(28)23-16-5-6-17(25-24-16)26-9-11-27(12-10-26)19-21-7-2-8-22-19/h1-8,13H,9-12H2,(H,23,24,28). The highest BCUT2D eigenvalue weighted by molar-refractivity contribution is 6.31. The van der Waals surface area contributed by atoms with Gasteiger partial charge in [0.05, 0.1) is 0 Å². The van der Waals surface area contributed by atoms with Gasteiger partial charge in [0.1, 0.15) is 0 Å². The summed E-state index contributed by atoms with van der Waals surface area (Å²) in [5.74, 6) is 1.63. The molecule has 1 aromatic carbocycles. The van der Waals surface area contributed by atoms with Crippen LogP contribution in [0.3, 0.4) is 0 Å². The monoisotopic (exact) mass is 395 g/mol. The predicted octanol–water partition coefficient (Wildman–Crippen LogP) is 2.50. The number of halogens is 1. The van der Waals surface area contributed by atoms with Crippen LogP contribution in [0.15, 0.2) is 54.9 Å². The molecule has 0 spiro atoms. The van der Waals surface area contributed by atoms with Crippen molar-refractivity contribution in [2.24, 2.45) is 0 Å². The quantitative estimate of drug-likeness (QED) is 0.726. The average molecular weight is 396 g/mol. The molecule has 0 aliphatic carbocycles. The topological polar surface area (TPSA) is 87.1 Å². The van der Waals surface area contributed by atoms with E-state index >= 15 is 0 Å². The number of hydrogen-bond donors (Lipinski definition) is 1. The number of benzene rings is 1. The third kappa shape index (κ3) is 4.17. The second-order valence-corrected chi connectivity index (χ2v) is 6.70. The van der Waals surface area contributed by atoms with Crippen LogP contribution in [0.25, 0.3) is 0 Å². The number of amides is 1. The Morgan fingerprint density at radius 1 is 0.929 bits per heavy atom. The predicted molar refractivity (Wildman–Crippen MR) is 108 cm³/mol. The van der Waals surface area contributed by atoms with E-state index in [4.69, 9.17) is 11.6 Å². The molecule has 3 aromatic rings. The Morgan fingerprint density at radius 2 is 1.68 bits per heavy atom. The lowest BCUT2D eigenvalue weighted by molar-refractivity contribution is 0.102. The molecule has 1 fully saturated rings. The Balaban J connectivity index is 1.35. The second-order valence-electron chi connectivity index (χ2n) is 6.26. The number of piperazine rings is 1. The van der Waals surface area contributed by atoms with Crippen LogP contribution in [0.4, 0.5) is 17.6 Å². The zero-order chi connectivity index (χ0) is 19.3. The van der Waals surface area contributed by atoms with Crippen molar-refractivity contribution in [1.29, 1.82) is 0 Å². The highest BCUT2D eigenvalue weighted by atomic mass is 35.5. The molecule has 1 saturated heterocycles. The van der Waals surface area contributed by atoms with Gasteiger partial charge in [-0.25, -0.2) is 9.97 Å². The van der Waals surface area contributed by atoms with Gasteiger partial charge in [-0.1, -0.05) is 17.7 Å². The van der Waals surface area contributed by atoms with Gasteiger partial charge in [0.25, 0.3) is 5.91 Å². The molecular formula is C19H18ClN7O. The minimum absolute atomic E-state index is 0.277. The highest BCUT2D eigenvalue weighted by Gasteiger charge is 2.20. The summed E-state index contributed by atoms with van der Waals surface area (Å²) in [6.07, 6.45) is 3.49. The third-order valence-corrected chi connectivity index (χ3v) is 4.65. The summed E-state index contributed by atoms with van der Waals surface area (Å²) in [6.45, 7) is 3.19. The van der Waals surface area contributed by atoms with Crippen LogP contribution in [0.2, 0.25) is 5.02 Å². The van der Waals surface area contributed by atoms with Crippen molar-refractivity contribution in [3.05, 3.63) is 65.4 Å². The zero-order valence-corrected chi connectivity index (χ0v) is 15.8. The fourth-order valence-corrected chi connectivity index (χ4v) is 3.16. The minimum Gasteiger partial charge on any atom is -0.352 e. The number of nitrogens with zero attached hydrogens (tertiary/aromatic N) is 6. The fraction of sp³-hybridized carbons (Fsp3) is 0.211. The van der Waals surface area contributed by atoms with Gasteiger partial charge >= 0.3 is 0 Å². The van der Waals surface area contributed by atoms with Crippen LogP contribution in [0.1, 0.15) is 10.4 Å². The molecule has 0 saturated carbocycles. The van der Waals surface area contributed by atoms with Crippen LogP contribution in [-0.2, 0) is 0 Å². The van der Waals surface area contributed by atoms with Gasteiger partial charge in [-0.3, -0.25) is 4.79 Å². The maximum Gasteiger partial charge on any atom is 0.256 e. The number of carbonyl (C=O) groups is 1. The molecule has 4 rings (SSSR count). The van der Waals surface area contributed by atoms with Crippen LogP contribution in [0.5, 0.6) is 0 Å². The summed E-state index contributed by atoms with van der Waals surface area (Å²) in [7, 11) is 0. The van der Waals surface area contributed by atoms with E-state index in [-0.39, 0.29) is 5.91 Å². The molecule has 0 radical (unpaired) electrons. The molecule has 0 bridgehead atoms. The van der Waals surface area contributed by atoms with Crippen LogP contribution < -0.4 is 15.1 Å². The number of aromatic nitrogens is 4. The van der Waals surface area contributed by atoms with Crippen molar-refractivity contribution >= 4 is 35.1 Å². The number of anilines is 3. The lowest BCUT2D eigenvalue weighted by atomic mass is 10.2. The third-order valence-electron chi connectivity index (χ3n) is 4.42. The van der Waals surface area contributed by atoms with Crippen molar-refractivity contribution in [2.75, 3.05) is 41.3 Å². The van der Waals surface area contributed by atoms with Gasteiger partial charge in [-0.2, -0.15) is 0 Å². The Bertz CT molecular complexity index is 944. The van der Waals surface area contributed by atoms with E-state index in [0.717, 1.165) is 37.9 Å². The Labute approximate surface area is 167 Å². The summed E-state index contributed by atoms with van der Waals surface area (Å²) in [5.41, 5.74) is 0.470. The summed E-state index contributed by atoms with van der Waals surface area (Å²) >= 11 is 5.92. The normalized spacial score (nSPS) is 14.0. The molecule has 3 heterocycles. The van der Waals surface area contributed by atoms with Gasteiger partial charge in [-0.05, 0) is 36.4 Å². The Hall–Kier alpha value is -3.26. The zero-order valence-electron chi connectivity index (χ0n) is 15.0. The van der Waals surface area contributed by atoms with Crippen molar-refractivity contribution < 1.29 is 4.79 Å². The van der Waals surface area contributed by atoms with Gasteiger partial charge in [0, 0.05) is 49.2 Å². The molecule has 1 aliphatic rings. The van der Waals surface area contributed by atoms with Gasteiger partial charge in [0.15, 0.2) is 11.6 Å². The van der Waals surface area contributed by atoms with Crippen LogP contribution in [-0.4, -0.2) is 52.3 Å². The smallest absolute Gasteiger partial charge is 0.256 e. The van der Waals surface area contributed by atoms with Crippen LogP contribution in [0, 0.1) is 0 Å². The van der Waals surface area contributed by atoms with E-state index in [9.17, 15) is 4.79 Å². The average Bonchev–Trinajstić information content (AvgIpc) is 2.75. The first-order valence-electron chi connectivity index (χ1n) is 8.86. The Kier molecular flexibility index (Phi) is 5.29. The first kappa shape index (κ1) is 18.1. The first-order valence-corrected chi connectivity index (χ1v) is 9.24. The molecule has 28 heavy (non-hydrogen) atoms. The van der Waals surface area contributed by atoms with Crippen LogP contribution >= 0.6 is 11.6 Å². The van der Waals surface area contributed by atoms with E-state index in [2.05, 4.69) is 35.3 Å². The number of rotatable bonds is 4. The van der Waals surface area contributed by atoms with E-state index < -0.39 is 0 Å². The first-order chi connectivity index (χ1) is 13.7. The highest BCUT2D eigenvalue weighted by Crippen LogP contribution is 2.17. The molecule has 1 amide bonds. The molecule has 142 valence electrons. The van der Waals surface area contributed by atoms with E-state index in [0.29, 0.717) is 16.4 Å². The molecule has 8 nitrogen and oxygen atoms in total. The molecule has 9 heteroatoms. The van der Waals surface area contributed by atoms with Gasteiger partial charge in [-0.15, -0.1) is 10.2 Å². The second kappa shape index (κ2) is 8.18. The maximum absolute atomic E-state index is 12.3. The molecule has 0 atom stereocenters. The largest absolute Gasteiger partial charge is 0.352 e. The van der Waals surface area contributed by atoms with E-state index in [1.165, 1.54) is 0 Å². The van der Waals surface area contributed by atoms with Gasteiger partial charge in [0.2, 0.25) is 5.95 Å². The molecule has 0 unspecified atom stereocenters. The number of carbonyl (C=O) groups excluding carboxylic acids is 1. The van der Waals surface area contributed by atoms with Crippen molar-refractivity contribution in [2.45, 2.75) is 0 Å². The Morgan fingerprint density at radius 3 is 2.36 bits per heavy atom. The fourth-order valence-electron chi connectivity index (χ4n) is 2.97. The summed E-state index contributed by atoms with van der Waals surface area (Å²) < 4.78 is 0. The summed E-state index contributed by atoms with van der Waals surface area (Å²) in [4.78, 5) is 25.1. The molecular weight excluding hydrogens is 378 g/mol. The van der Waals surface area contributed by atoms with Crippen molar-refractivity contribution in [3.8, 4) is 0 Å². The molecule has 2 aromatic heterocycles. The number of hydrogen-bond acceptors (Lipinski definition) is 7.